The van der Waals surface area contributed by atoms with Gasteiger partial charge in [0.2, 0.25) is 15.9 Å². The van der Waals surface area contributed by atoms with Crippen LogP contribution in [0.2, 0.25) is 0 Å². The summed E-state index contributed by atoms with van der Waals surface area (Å²) in [5.41, 5.74) is 2.96. The summed E-state index contributed by atoms with van der Waals surface area (Å²) in [6.45, 7) is 2.49. The van der Waals surface area contributed by atoms with Gasteiger partial charge in [0, 0.05) is 20.1 Å². The molecule has 1 amide bonds. The number of hydrogen-bond donors (Lipinski definition) is 0. The van der Waals surface area contributed by atoms with Crippen LogP contribution in [-0.2, 0) is 27.9 Å². The van der Waals surface area contributed by atoms with Crippen molar-refractivity contribution in [2.75, 3.05) is 13.6 Å². The Bertz CT molecular complexity index is 1020. The summed E-state index contributed by atoms with van der Waals surface area (Å²) in [6.07, 6.45) is 0. The van der Waals surface area contributed by atoms with Gasteiger partial charge in [0.15, 0.2) is 0 Å². The molecule has 5 nitrogen and oxygen atoms in total. The lowest BCUT2D eigenvalue weighted by Gasteiger charge is -2.26. The normalized spacial score (nSPS) is 11.4. The largest absolute Gasteiger partial charge is 0.333 e. The molecule has 3 aromatic carbocycles. The standard InChI is InChI=1S/C24H26N2O3S/c1-20-13-15-23(16-14-20)30(28,29)25(2)19-24(27)26(17-21-9-5-3-6-10-21)18-22-11-7-4-8-12-22/h3-16H,17-19H2,1-2H3. The lowest BCUT2D eigenvalue weighted by molar-refractivity contribution is -0.132. The van der Waals surface area contributed by atoms with E-state index in [0.717, 1.165) is 21.0 Å². The number of aryl methyl sites for hydroxylation is 1. The van der Waals surface area contributed by atoms with Crippen LogP contribution in [0.4, 0.5) is 0 Å². The van der Waals surface area contributed by atoms with Crippen molar-refractivity contribution < 1.29 is 13.2 Å². The van der Waals surface area contributed by atoms with Gasteiger partial charge in [-0.1, -0.05) is 78.4 Å². The monoisotopic (exact) mass is 422 g/mol. The zero-order chi connectivity index (χ0) is 21.6. The van der Waals surface area contributed by atoms with Crippen molar-refractivity contribution >= 4 is 15.9 Å². The number of benzene rings is 3. The Balaban J connectivity index is 1.78. The van der Waals surface area contributed by atoms with E-state index in [1.807, 2.05) is 67.6 Å². The number of likely N-dealkylation sites (N-methyl/N-ethyl adjacent to an activating group) is 1. The fraction of sp³-hybridized carbons (Fsp3) is 0.208. The smallest absolute Gasteiger partial charge is 0.243 e. The van der Waals surface area contributed by atoms with Gasteiger partial charge in [-0.3, -0.25) is 4.79 Å². The number of amides is 1. The topological polar surface area (TPSA) is 57.7 Å². The van der Waals surface area contributed by atoms with Crippen LogP contribution in [0.25, 0.3) is 0 Å². The molecule has 0 aliphatic carbocycles. The molecule has 0 aliphatic heterocycles. The van der Waals surface area contributed by atoms with Crippen molar-refractivity contribution in [3.63, 3.8) is 0 Å². The van der Waals surface area contributed by atoms with Gasteiger partial charge < -0.3 is 4.90 Å². The number of carbonyl (C=O) groups excluding carboxylic acids is 1. The summed E-state index contributed by atoms with van der Waals surface area (Å²) >= 11 is 0. The Labute approximate surface area is 178 Å². The highest BCUT2D eigenvalue weighted by atomic mass is 32.2. The second-order valence-corrected chi connectivity index (χ2v) is 9.34. The first-order chi connectivity index (χ1) is 14.4. The van der Waals surface area contributed by atoms with E-state index in [4.69, 9.17) is 0 Å². The molecule has 0 N–H and O–H groups in total. The molecule has 0 fully saturated rings. The van der Waals surface area contributed by atoms with Gasteiger partial charge in [-0.05, 0) is 30.2 Å². The predicted molar refractivity (Wildman–Crippen MR) is 118 cm³/mol. The third-order valence-corrected chi connectivity index (χ3v) is 6.69. The molecule has 6 heteroatoms. The van der Waals surface area contributed by atoms with Crippen LogP contribution in [0.3, 0.4) is 0 Å². The molecule has 156 valence electrons. The number of hydrogen-bond acceptors (Lipinski definition) is 3. The minimum absolute atomic E-state index is 0.182. The Morgan fingerprint density at radius 2 is 1.23 bits per heavy atom. The van der Waals surface area contributed by atoms with Crippen LogP contribution in [0.1, 0.15) is 16.7 Å². The molecule has 0 saturated carbocycles. The summed E-state index contributed by atoms with van der Waals surface area (Å²) in [5, 5.41) is 0. The molecule has 0 unspecified atom stereocenters. The van der Waals surface area contributed by atoms with Crippen LogP contribution in [0.15, 0.2) is 89.8 Å². The van der Waals surface area contributed by atoms with Crippen LogP contribution >= 0.6 is 0 Å². The molecule has 0 aromatic heterocycles. The SMILES string of the molecule is Cc1ccc(S(=O)(=O)N(C)CC(=O)N(Cc2ccccc2)Cc2ccccc2)cc1. The zero-order valence-corrected chi connectivity index (χ0v) is 18.0. The van der Waals surface area contributed by atoms with Crippen molar-refractivity contribution in [2.24, 2.45) is 0 Å². The van der Waals surface area contributed by atoms with Crippen molar-refractivity contribution in [3.8, 4) is 0 Å². The van der Waals surface area contributed by atoms with Crippen molar-refractivity contribution in [1.29, 1.82) is 0 Å². The van der Waals surface area contributed by atoms with E-state index < -0.39 is 10.0 Å². The van der Waals surface area contributed by atoms with Crippen molar-refractivity contribution in [3.05, 3.63) is 102 Å². The Kier molecular flexibility index (Phi) is 7.03. The summed E-state index contributed by atoms with van der Waals surface area (Å²) in [6, 6.07) is 26.0. The Morgan fingerprint density at radius 3 is 1.70 bits per heavy atom. The first kappa shape index (κ1) is 21.7. The highest BCUT2D eigenvalue weighted by Gasteiger charge is 2.25. The third-order valence-electron chi connectivity index (χ3n) is 4.87. The van der Waals surface area contributed by atoms with Crippen molar-refractivity contribution in [1.82, 2.24) is 9.21 Å². The molecular formula is C24H26N2O3S. The lowest BCUT2D eigenvalue weighted by atomic mass is 10.1. The average Bonchev–Trinajstić information content (AvgIpc) is 2.75. The van der Waals surface area contributed by atoms with Crippen LogP contribution < -0.4 is 0 Å². The predicted octanol–water partition coefficient (Wildman–Crippen LogP) is 3.84. The third kappa shape index (κ3) is 5.55. The number of sulfonamides is 1. The van der Waals surface area contributed by atoms with E-state index in [1.54, 1.807) is 29.2 Å². The second-order valence-electron chi connectivity index (χ2n) is 7.30. The quantitative estimate of drug-likeness (QED) is 0.554. The van der Waals surface area contributed by atoms with E-state index in [9.17, 15) is 13.2 Å². The average molecular weight is 423 g/mol. The molecule has 0 aliphatic rings. The first-order valence-electron chi connectivity index (χ1n) is 9.75. The fourth-order valence-corrected chi connectivity index (χ4v) is 4.23. The van der Waals surface area contributed by atoms with Crippen LogP contribution in [0, 0.1) is 6.92 Å². The molecular weight excluding hydrogens is 396 g/mol. The number of nitrogens with zero attached hydrogens (tertiary/aromatic N) is 2. The maximum atomic E-state index is 13.1. The van der Waals surface area contributed by atoms with Crippen LogP contribution in [0.5, 0.6) is 0 Å². The molecule has 0 bridgehead atoms. The van der Waals surface area contributed by atoms with Gasteiger partial charge in [-0.15, -0.1) is 0 Å². The zero-order valence-electron chi connectivity index (χ0n) is 17.2. The highest BCUT2D eigenvalue weighted by Crippen LogP contribution is 2.16. The van der Waals surface area contributed by atoms with E-state index in [0.29, 0.717) is 13.1 Å². The first-order valence-corrected chi connectivity index (χ1v) is 11.2. The van der Waals surface area contributed by atoms with Gasteiger partial charge in [0.25, 0.3) is 0 Å². The van der Waals surface area contributed by atoms with Gasteiger partial charge in [0.1, 0.15) is 0 Å². The lowest BCUT2D eigenvalue weighted by Crippen LogP contribution is -2.40. The van der Waals surface area contributed by atoms with Crippen LogP contribution in [-0.4, -0.2) is 37.1 Å². The van der Waals surface area contributed by atoms with Gasteiger partial charge in [-0.2, -0.15) is 4.31 Å². The Morgan fingerprint density at radius 1 is 0.767 bits per heavy atom. The van der Waals surface area contributed by atoms with Gasteiger partial charge in [0.05, 0.1) is 11.4 Å². The second kappa shape index (κ2) is 9.69. The van der Waals surface area contributed by atoms with E-state index >= 15 is 0 Å². The fourth-order valence-electron chi connectivity index (χ4n) is 3.11. The summed E-state index contributed by atoms with van der Waals surface area (Å²) < 4.78 is 26.9. The summed E-state index contributed by atoms with van der Waals surface area (Å²) in [4.78, 5) is 15.0. The molecule has 3 aromatic rings. The molecule has 0 saturated heterocycles. The minimum atomic E-state index is -3.74. The number of rotatable bonds is 8. The molecule has 30 heavy (non-hydrogen) atoms. The molecule has 3 rings (SSSR count). The van der Waals surface area contributed by atoms with E-state index in [-0.39, 0.29) is 17.3 Å². The Hall–Kier alpha value is -2.96. The minimum Gasteiger partial charge on any atom is -0.333 e. The molecule has 0 radical (unpaired) electrons. The number of carbonyl (C=O) groups is 1. The maximum Gasteiger partial charge on any atom is 0.243 e. The summed E-state index contributed by atoms with van der Waals surface area (Å²) in [7, 11) is -2.30. The molecule has 0 atom stereocenters. The van der Waals surface area contributed by atoms with E-state index in [1.165, 1.54) is 7.05 Å². The van der Waals surface area contributed by atoms with Crippen molar-refractivity contribution in [2.45, 2.75) is 24.9 Å². The maximum absolute atomic E-state index is 13.1. The summed E-state index contributed by atoms with van der Waals surface area (Å²) in [5.74, 6) is -0.249. The molecule has 0 spiro atoms. The molecule has 0 heterocycles. The van der Waals surface area contributed by atoms with E-state index in [2.05, 4.69) is 0 Å². The van der Waals surface area contributed by atoms with Gasteiger partial charge >= 0.3 is 0 Å². The van der Waals surface area contributed by atoms with Gasteiger partial charge in [-0.25, -0.2) is 8.42 Å². The highest BCUT2D eigenvalue weighted by molar-refractivity contribution is 7.89.